The fraction of sp³-hybridized carbons (Fsp3) is 0.350. The van der Waals surface area contributed by atoms with Gasteiger partial charge in [-0.1, -0.05) is 19.9 Å². The maximum atomic E-state index is 10.9. The first kappa shape index (κ1) is 20.5. The lowest BCUT2D eigenvalue weighted by Crippen LogP contribution is -2.07. The minimum Gasteiger partial charge on any atom is -0.508 e. The van der Waals surface area contributed by atoms with Gasteiger partial charge in [-0.15, -0.1) is 0 Å². The van der Waals surface area contributed by atoms with Gasteiger partial charge in [0.15, 0.2) is 6.35 Å². The standard InChI is InChI=1S/C20H27O5P/c1-12(2)17-10-15(6-7-18(17)21)20(22)19-13(3)8-16(9-14(19)4)25-11-26(5,23)24/h6-10,12,20-24H,5,11H2,1-4H3. The Morgan fingerprint density at radius 1 is 1.08 bits per heavy atom. The van der Waals surface area contributed by atoms with Crippen molar-refractivity contribution in [2.45, 2.75) is 39.7 Å². The highest BCUT2D eigenvalue weighted by Crippen LogP contribution is 2.37. The van der Waals surface area contributed by atoms with Crippen LogP contribution in [-0.4, -0.2) is 32.6 Å². The first-order valence-electron chi connectivity index (χ1n) is 8.42. The van der Waals surface area contributed by atoms with Gasteiger partial charge in [-0.2, -0.15) is 0 Å². The molecule has 1 atom stereocenters. The molecule has 1 unspecified atom stereocenters. The molecular weight excluding hydrogens is 351 g/mol. The van der Waals surface area contributed by atoms with E-state index in [-0.39, 0.29) is 18.0 Å². The predicted molar refractivity (Wildman–Crippen MR) is 106 cm³/mol. The Bertz CT molecular complexity index is 815. The molecule has 0 fully saturated rings. The summed E-state index contributed by atoms with van der Waals surface area (Å²) in [6.45, 7) is 7.71. The van der Waals surface area contributed by atoms with Gasteiger partial charge in [0.05, 0.1) is 0 Å². The van der Waals surface area contributed by atoms with Crippen LogP contribution in [-0.2, 0) is 0 Å². The summed E-state index contributed by atoms with van der Waals surface area (Å²) in [5.74, 6) is 0.866. The number of ether oxygens (including phenoxy) is 1. The van der Waals surface area contributed by atoms with Crippen LogP contribution in [0.2, 0.25) is 0 Å². The zero-order valence-corrected chi connectivity index (χ0v) is 16.5. The molecule has 0 aliphatic rings. The third-order valence-electron chi connectivity index (χ3n) is 4.27. The predicted octanol–water partition coefficient (Wildman–Crippen LogP) is 3.81. The summed E-state index contributed by atoms with van der Waals surface area (Å²) in [7, 11) is -3.26. The number of hydrogen-bond acceptors (Lipinski definition) is 5. The fourth-order valence-electron chi connectivity index (χ4n) is 3.00. The summed E-state index contributed by atoms with van der Waals surface area (Å²) in [5.41, 5.74) is 3.92. The van der Waals surface area contributed by atoms with Gasteiger partial charge in [0.1, 0.15) is 24.9 Å². The minimum absolute atomic E-state index is 0.142. The second-order valence-electron chi connectivity index (χ2n) is 7.00. The molecule has 2 aromatic rings. The van der Waals surface area contributed by atoms with Gasteiger partial charge in [-0.25, -0.2) is 0 Å². The van der Waals surface area contributed by atoms with Gasteiger partial charge in [-0.3, -0.25) is 0 Å². The molecule has 0 saturated heterocycles. The molecule has 0 bridgehead atoms. The first-order valence-corrected chi connectivity index (χ1v) is 10.5. The second-order valence-corrected chi connectivity index (χ2v) is 9.01. The summed E-state index contributed by atoms with van der Waals surface area (Å²) >= 11 is 0. The van der Waals surface area contributed by atoms with Gasteiger partial charge >= 0.3 is 0 Å². The number of aliphatic hydroxyl groups excluding tert-OH is 1. The molecule has 0 aliphatic carbocycles. The second kappa shape index (κ2) is 7.85. The Morgan fingerprint density at radius 2 is 1.65 bits per heavy atom. The van der Waals surface area contributed by atoms with Gasteiger partial charge in [0.2, 0.25) is 0 Å². The van der Waals surface area contributed by atoms with Crippen LogP contribution < -0.4 is 4.74 Å². The molecule has 5 nitrogen and oxygen atoms in total. The van der Waals surface area contributed by atoms with E-state index < -0.39 is 13.4 Å². The Kier molecular flexibility index (Phi) is 6.20. The van der Waals surface area contributed by atoms with Crippen molar-refractivity contribution in [1.82, 2.24) is 0 Å². The van der Waals surface area contributed by atoms with Crippen molar-refractivity contribution in [3.8, 4) is 11.5 Å². The Balaban J connectivity index is 2.36. The molecule has 0 spiro atoms. The van der Waals surface area contributed by atoms with Crippen molar-refractivity contribution in [2.24, 2.45) is 0 Å². The van der Waals surface area contributed by atoms with E-state index in [4.69, 9.17) is 4.74 Å². The third-order valence-corrected chi connectivity index (χ3v) is 4.81. The molecule has 0 radical (unpaired) electrons. The van der Waals surface area contributed by atoms with Crippen LogP contribution in [0.5, 0.6) is 11.5 Å². The SMILES string of the molecule is C=P(O)(O)COc1cc(C)c(C(O)c2ccc(O)c(C(C)C)c2)c(C)c1. The number of aromatic hydroxyl groups is 1. The molecule has 0 aliphatic heterocycles. The number of benzene rings is 2. The molecule has 142 valence electrons. The zero-order valence-electron chi connectivity index (χ0n) is 15.6. The van der Waals surface area contributed by atoms with Crippen LogP contribution in [0.1, 0.15) is 53.7 Å². The monoisotopic (exact) mass is 378 g/mol. The highest BCUT2D eigenvalue weighted by Gasteiger charge is 2.19. The van der Waals surface area contributed by atoms with Crippen LogP contribution in [0.4, 0.5) is 0 Å². The molecule has 4 N–H and O–H groups in total. The Labute approximate surface area is 154 Å². The lowest BCUT2D eigenvalue weighted by atomic mass is 9.90. The van der Waals surface area contributed by atoms with Gasteiger partial charge < -0.3 is 24.7 Å². The van der Waals surface area contributed by atoms with Gasteiger partial charge in [0, 0.05) is 0 Å². The molecule has 6 heteroatoms. The summed E-state index contributed by atoms with van der Waals surface area (Å²) in [4.78, 5) is 18.7. The van der Waals surface area contributed by atoms with E-state index in [2.05, 4.69) is 6.30 Å². The van der Waals surface area contributed by atoms with E-state index in [0.717, 1.165) is 22.3 Å². The smallest absolute Gasteiger partial charge is 0.152 e. The van der Waals surface area contributed by atoms with Crippen molar-refractivity contribution < 1.29 is 24.7 Å². The summed E-state index contributed by atoms with van der Waals surface area (Å²) in [6.07, 6.45) is 2.20. The molecule has 0 amide bonds. The first-order chi connectivity index (χ1) is 12.0. The number of phenols is 1. The van der Waals surface area contributed by atoms with E-state index in [1.165, 1.54) is 0 Å². The normalized spacial score (nSPS) is 13.1. The Morgan fingerprint density at radius 3 is 2.15 bits per heavy atom. The van der Waals surface area contributed by atoms with Crippen LogP contribution in [0.15, 0.2) is 30.3 Å². The van der Waals surface area contributed by atoms with Crippen LogP contribution in [0.3, 0.4) is 0 Å². The van der Waals surface area contributed by atoms with Gasteiger partial charge in [-0.05, 0) is 78.1 Å². The number of aliphatic hydroxyl groups is 1. The summed E-state index contributed by atoms with van der Waals surface area (Å²) in [6, 6.07) is 8.66. The van der Waals surface area contributed by atoms with Crippen molar-refractivity contribution in [3.63, 3.8) is 0 Å². The average molecular weight is 378 g/mol. The van der Waals surface area contributed by atoms with E-state index in [9.17, 15) is 20.0 Å². The van der Waals surface area contributed by atoms with Crippen molar-refractivity contribution >= 4 is 13.6 Å². The quantitative estimate of drug-likeness (QED) is 0.574. The summed E-state index contributed by atoms with van der Waals surface area (Å²) < 4.78 is 5.41. The van der Waals surface area contributed by atoms with E-state index >= 15 is 0 Å². The molecule has 0 heterocycles. The molecule has 0 saturated carbocycles. The van der Waals surface area contributed by atoms with Crippen LogP contribution in [0.25, 0.3) is 0 Å². The lowest BCUT2D eigenvalue weighted by Gasteiger charge is -2.20. The van der Waals surface area contributed by atoms with E-state index in [1.807, 2.05) is 33.8 Å². The molecular formula is C20H27O5P. The maximum Gasteiger partial charge on any atom is 0.152 e. The van der Waals surface area contributed by atoms with Crippen molar-refractivity contribution in [3.05, 3.63) is 58.1 Å². The maximum absolute atomic E-state index is 10.9. The average Bonchev–Trinajstić information content (AvgIpc) is 2.51. The fourth-order valence-corrected chi connectivity index (χ4v) is 3.36. The zero-order chi connectivity index (χ0) is 19.6. The number of phenolic OH excluding ortho intramolecular Hbond substituents is 1. The molecule has 26 heavy (non-hydrogen) atoms. The Hall–Kier alpha value is -1.78. The minimum atomic E-state index is -3.26. The van der Waals surface area contributed by atoms with Gasteiger partial charge in [0.25, 0.3) is 0 Å². The summed E-state index contributed by atoms with van der Waals surface area (Å²) in [5, 5.41) is 20.9. The van der Waals surface area contributed by atoms with E-state index in [1.54, 1.807) is 24.3 Å². The van der Waals surface area contributed by atoms with Crippen molar-refractivity contribution in [1.29, 1.82) is 0 Å². The van der Waals surface area contributed by atoms with Crippen LogP contribution >= 0.6 is 7.34 Å². The molecule has 2 aromatic carbocycles. The highest BCUT2D eigenvalue weighted by molar-refractivity contribution is 7.62. The number of aryl methyl sites for hydroxylation is 2. The third kappa shape index (κ3) is 4.89. The number of hydrogen-bond donors (Lipinski definition) is 4. The largest absolute Gasteiger partial charge is 0.508 e. The highest BCUT2D eigenvalue weighted by atomic mass is 31.2. The molecule has 0 aromatic heterocycles. The van der Waals surface area contributed by atoms with Crippen LogP contribution in [0, 0.1) is 13.8 Å². The topological polar surface area (TPSA) is 90.2 Å². The van der Waals surface area contributed by atoms with E-state index in [0.29, 0.717) is 11.3 Å². The number of rotatable bonds is 6. The van der Waals surface area contributed by atoms with Crippen molar-refractivity contribution in [2.75, 3.05) is 6.35 Å². The molecule has 2 rings (SSSR count). The lowest BCUT2D eigenvalue weighted by molar-refractivity contribution is 0.218.